The summed E-state index contributed by atoms with van der Waals surface area (Å²) in [6.07, 6.45) is -4.04. The molecular weight excluding hydrogens is 237 g/mol. The Labute approximate surface area is 86.8 Å². The molecule has 0 aliphatic heterocycles. The Morgan fingerprint density at radius 3 is 2.53 bits per heavy atom. The molecule has 0 saturated carbocycles. The van der Waals surface area contributed by atoms with E-state index in [9.17, 15) is 18.0 Å². The number of alkyl halides is 3. The fourth-order valence-corrected chi connectivity index (χ4v) is 0.950. The number of hydrogen-bond donors (Lipinski definition) is 1. The highest BCUT2D eigenvalue weighted by Crippen LogP contribution is 2.28. The monoisotopic (exact) mass is 240 g/mol. The fraction of sp³-hybridized carbons (Fsp3) is 0.143. The zero-order chi connectivity index (χ0) is 11.6. The molecule has 0 aliphatic carbocycles. The van der Waals surface area contributed by atoms with Gasteiger partial charge in [0.1, 0.15) is 5.02 Å². The number of aromatic nitrogens is 1. The predicted octanol–water partition coefficient (Wildman–Crippen LogP) is 1.73. The Morgan fingerprint density at radius 1 is 1.53 bits per heavy atom. The quantitative estimate of drug-likeness (QED) is 0.856. The number of carbonyl (C=O) groups excluding carboxylic acids is 1. The van der Waals surface area contributed by atoms with E-state index < -0.39 is 23.2 Å². The van der Waals surface area contributed by atoms with Crippen LogP contribution in [0.1, 0.15) is 10.4 Å². The van der Waals surface area contributed by atoms with Gasteiger partial charge in [-0.2, -0.15) is 0 Å². The summed E-state index contributed by atoms with van der Waals surface area (Å²) in [5.41, 5.74) is 4.76. The number of halogens is 4. The Hall–Kier alpha value is -1.50. The van der Waals surface area contributed by atoms with E-state index in [1.165, 1.54) is 0 Å². The van der Waals surface area contributed by atoms with Gasteiger partial charge in [0.25, 0.3) is 0 Å². The lowest BCUT2D eigenvalue weighted by Crippen LogP contribution is -2.19. The van der Waals surface area contributed by atoms with E-state index in [4.69, 9.17) is 17.3 Å². The number of ether oxygens (including phenoxy) is 1. The smallest absolute Gasteiger partial charge is 0.386 e. The maximum Gasteiger partial charge on any atom is 0.574 e. The highest BCUT2D eigenvalue weighted by molar-refractivity contribution is 6.32. The van der Waals surface area contributed by atoms with Gasteiger partial charge >= 0.3 is 6.36 Å². The van der Waals surface area contributed by atoms with Crippen molar-refractivity contribution in [1.82, 2.24) is 4.98 Å². The molecule has 2 N–H and O–H groups in total. The van der Waals surface area contributed by atoms with Crippen LogP contribution in [0.2, 0.25) is 5.02 Å². The van der Waals surface area contributed by atoms with E-state index in [0.29, 0.717) is 0 Å². The molecule has 82 valence electrons. The molecule has 0 saturated heterocycles. The maximum atomic E-state index is 11.8. The van der Waals surface area contributed by atoms with Crippen LogP contribution >= 0.6 is 11.6 Å². The van der Waals surface area contributed by atoms with Crippen LogP contribution in [0.15, 0.2) is 12.3 Å². The molecule has 1 rings (SSSR count). The molecule has 15 heavy (non-hydrogen) atoms. The highest BCUT2D eigenvalue weighted by atomic mass is 35.5. The zero-order valence-corrected chi connectivity index (χ0v) is 7.76. The molecule has 0 bridgehead atoms. The first-order valence-corrected chi connectivity index (χ1v) is 3.88. The lowest BCUT2D eigenvalue weighted by molar-refractivity contribution is -0.276. The summed E-state index contributed by atoms with van der Waals surface area (Å²) in [5.74, 6) is -1.67. The van der Waals surface area contributed by atoms with Gasteiger partial charge in [0, 0.05) is 6.20 Å². The van der Waals surface area contributed by atoms with Crippen molar-refractivity contribution in [3.8, 4) is 5.88 Å². The summed E-state index contributed by atoms with van der Waals surface area (Å²) >= 11 is 5.38. The Morgan fingerprint density at radius 2 is 2.13 bits per heavy atom. The van der Waals surface area contributed by atoms with E-state index >= 15 is 0 Å². The van der Waals surface area contributed by atoms with E-state index in [-0.39, 0.29) is 5.56 Å². The highest BCUT2D eigenvalue weighted by Gasteiger charge is 2.32. The fourth-order valence-electron chi connectivity index (χ4n) is 0.745. The minimum absolute atomic E-state index is 0.102. The van der Waals surface area contributed by atoms with Crippen molar-refractivity contribution in [2.24, 2.45) is 5.73 Å². The average molecular weight is 241 g/mol. The second kappa shape index (κ2) is 3.93. The zero-order valence-electron chi connectivity index (χ0n) is 7.01. The third-order valence-corrected chi connectivity index (χ3v) is 1.58. The van der Waals surface area contributed by atoms with Crippen molar-refractivity contribution in [3.05, 3.63) is 22.8 Å². The molecule has 1 aromatic heterocycles. The van der Waals surface area contributed by atoms with E-state index in [1.54, 1.807) is 0 Å². The summed E-state index contributed by atoms with van der Waals surface area (Å²) in [5, 5.41) is -0.441. The average Bonchev–Trinajstić information content (AvgIpc) is 2.05. The van der Waals surface area contributed by atoms with Gasteiger partial charge in [-0.05, 0) is 6.07 Å². The van der Waals surface area contributed by atoms with E-state index in [2.05, 4.69) is 9.72 Å². The number of hydrogen-bond acceptors (Lipinski definition) is 3. The lowest BCUT2D eigenvalue weighted by Gasteiger charge is -2.09. The van der Waals surface area contributed by atoms with Crippen LogP contribution in [0.5, 0.6) is 5.88 Å². The van der Waals surface area contributed by atoms with Crippen molar-refractivity contribution >= 4 is 17.5 Å². The maximum absolute atomic E-state index is 11.8. The Balaban J connectivity index is 2.99. The minimum atomic E-state index is -4.88. The van der Waals surface area contributed by atoms with Crippen LogP contribution < -0.4 is 10.5 Å². The molecule has 0 unspecified atom stereocenters. The molecule has 0 aromatic carbocycles. The summed E-state index contributed by atoms with van der Waals surface area (Å²) in [7, 11) is 0. The SMILES string of the molecule is NC(=O)c1cnc(OC(F)(F)F)c(Cl)c1. The van der Waals surface area contributed by atoms with E-state index in [1.807, 2.05) is 0 Å². The second-order valence-electron chi connectivity index (χ2n) is 2.42. The Bertz CT molecular complexity index is 394. The van der Waals surface area contributed by atoms with Gasteiger partial charge in [-0.1, -0.05) is 11.6 Å². The van der Waals surface area contributed by atoms with Gasteiger partial charge in [-0.25, -0.2) is 4.98 Å². The number of primary amides is 1. The molecule has 8 heteroatoms. The minimum Gasteiger partial charge on any atom is -0.386 e. The number of amides is 1. The van der Waals surface area contributed by atoms with E-state index in [0.717, 1.165) is 12.3 Å². The van der Waals surface area contributed by atoms with Gasteiger partial charge in [0.2, 0.25) is 11.8 Å². The predicted molar refractivity (Wildman–Crippen MR) is 44.4 cm³/mol. The van der Waals surface area contributed by atoms with Gasteiger partial charge < -0.3 is 10.5 Å². The largest absolute Gasteiger partial charge is 0.574 e. The van der Waals surface area contributed by atoms with Gasteiger partial charge in [-0.3, -0.25) is 4.79 Å². The lowest BCUT2D eigenvalue weighted by atomic mass is 10.3. The molecule has 1 amide bonds. The van der Waals surface area contributed by atoms with Crippen LogP contribution in [-0.4, -0.2) is 17.3 Å². The summed E-state index contributed by atoms with van der Waals surface area (Å²) < 4.78 is 38.8. The molecule has 4 nitrogen and oxygen atoms in total. The van der Waals surface area contributed by atoms with Crippen LogP contribution in [0.4, 0.5) is 13.2 Å². The molecule has 0 aliphatic rings. The molecule has 1 aromatic rings. The van der Waals surface area contributed by atoms with Crippen molar-refractivity contribution in [2.45, 2.75) is 6.36 Å². The Kier molecular flexibility index (Phi) is 3.04. The third kappa shape index (κ3) is 3.28. The standard InChI is InChI=1S/C7H4ClF3N2O2/c8-4-1-3(5(12)14)2-13-6(4)15-7(9,10)11/h1-2H,(H2,12,14). The number of rotatable bonds is 2. The second-order valence-corrected chi connectivity index (χ2v) is 2.83. The third-order valence-electron chi connectivity index (χ3n) is 1.30. The van der Waals surface area contributed by atoms with Crippen LogP contribution in [0.25, 0.3) is 0 Å². The number of carbonyl (C=O) groups is 1. The molecule has 0 fully saturated rings. The van der Waals surface area contributed by atoms with Crippen molar-refractivity contribution in [3.63, 3.8) is 0 Å². The first-order chi connectivity index (χ1) is 6.79. The van der Waals surface area contributed by atoms with Crippen LogP contribution in [0, 0.1) is 0 Å². The van der Waals surface area contributed by atoms with Gasteiger partial charge in [0.15, 0.2) is 0 Å². The first kappa shape index (κ1) is 11.6. The summed E-state index contributed by atoms with van der Waals surface area (Å²) in [4.78, 5) is 13.8. The number of nitrogens with two attached hydrogens (primary N) is 1. The summed E-state index contributed by atoms with van der Waals surface area (Å²) in [6, 6.07) is 0.942. The number of pyridine rings is 1. The van der Waals surface area contributed by atoms with Gasteiger partial charge in [0.05, 0.1) is 5.56 Å². The van der Waals surface area contributed by atoms with Crippen molar-refractivity contribution in [2.75, 3.05) is 0 Å². The molecule has 0 atom stereocenters. The molecule has 1 heterocycles. The first-order valence-electron chi connectivity index (χ1n) is 3.50. The van der Waals surface area contributed by atoms with Crippen LogP contribution in [0.3, 0.4) is 0 Å². The molecule has 0 spiro atoms. The molecular formula is C7H4ClF3N2O2. The topological polar surface area (TPSA) is 65.2 Å². The molecule has 0 radical (unpaired) electrons. The van der Waals surface area contributed by atoms with Crippen LogP contribution in [-0.2, 0) is 0 Å². The van der Waals surface area contributed by atoms with Crippen molar-refractivity contribution < 1.29 is 22.7 Å². The van der Waals surface area contributed by atoms with Crippen molar-refractivity contribution in [1.29, 1.82) is 0 Å². The normalized spacial score (nSPS) is 11.2. The van der Waals surface area contributed by atoms with Gasteiger partial charge in [-0.15, -0.1) is 13.2 Å². The number of nitrogens with zero attached hydrogens (tertiary/aromatic N) is 1. The summed E-state index contributed by atoms with van der Waals surface area (Å²) in [6.45, 7) is 0.